The van der Waals surface area contributed by atoms with Crippen molar-refractivity contribution < 1.29 is 14.3 Å². The van der Waals surface area contributed by atoms with Gasteiger partial charge in [0.25, 0.3) is 0 Å². The summed E-state index contributed by atoms with van der Waals surface area (Å²) in [5, 5.41) is 11.8. The average Bonchev–Trinajstić information content (AvgIpc) is 3.18. The molecule has 4 nitrogen and oxygen atoms in total. The minimum Gasteiger partial charge on any atom is -0.491 e. The van der Waals surface area contributed by atoms with Crippen molar-refractivity contribution in [1.82, 2.24) is 4.90 Å². The van der Waals surface area contributed by atoms with Crippen LogP contribution in [-0.4, -0.2) is 29.3 Å². The Balaban J connectivity index is 1.64. The molecule has 1 unspecified atom stereocenters. The summed E-state index contributed by atoms with van der Waals surface area (Å²) < 4.78 is 11.3. The topological polar surface area (TPSA) is 45.8 Å². The molecular weight excluding hydrogens is 409 g/mol. The summed E-state index contributed by atoms with van der Waals surface area (Å²) in [6.07, 6.45) is 0.972. The first-order valence-electron chi connectivity index (χ1n) is 9.47. The lowest BCUT2D eigenvalue weighted by Crippen LogP contribution is -2.35. The Kier molecular flexibility index (Phi) is 7.62. The van der Waals surface area contributed by atoms with Crippen molar-refractivity contribution in [3.05, 3.63) is 87.3 Å². The normalized spacial score (nSPS) is 12.3. The zero-order valence-corrected chi connectivity index (χ0v) is 18.1. The van der Waals surface area contributed by atoms with E-state index in [9.17, 15) is 5.11 Å². The number of aliphatic hydroxyl groups excluding tert-OH is 1. The number of hydrogen-bond acceptors (Lipinski definition) is 4. The van der Waals surface area contributed by atoms with Gasteiger partial charge in [-0.3, -0.25) is 4.90 Å². The van der Waals surface area contributed by atoms with Gasteiger partial charge in [0.05, 0.1) is 12.8 Å². The summed E-state index contributed by atoms with van der Waals surface area (Å²) in [6, 6.07) is 15.1. The van der Waals surface area contributed by atoms with Gasteiger partial charge < -0.3 is 14.3 Å². The van der Waals surface area contributed by atoms with Gasteiger partial charge in [-0.1, -0.05) is 35.3 Å². The molecule has 0 spiro atoms. The molecule has 0 amide bonds. The van der Waals surface area contributed by atoms with E-state index in [-0.39, 0.29) is 6.61 Å². The highest BCUT2D eigenvalue weighted by Crippen LogP contribution is 2.23. The van der Waals surface area contributed by atoms with E-state index >= 15 is 0 Å². The van der Waals surface area contributed by atoms with Crippen LogP contribution < -0.4 is 4.74 Å². The van der Waals surface area contributed by atoms with Crippen molar-refractivity contribution in [2.24, 2.45) is 0 Å². The first-order chi connectivity index (χ1) is 13.9. The molecule has 154 valence electrons. The number of rotatable bonds is 9. The molecule has 0 saturated heterocycles. The molecular formula is C23H25Cl2NO3. The number of halogens is 2. The third-order valence-corrected chi connectivity index (χ3v) is 5.35. The maximum Gasteiger partial charge on any atom is 0.119 e. The molecule has 1 aromatic heterocycles. The van der Waals surface area contributed by atoms with Crippen LogP contribution in [0.5, 0.6) is 5.75 Å². The molecule has 0 aliphatic heterocycles. The molecule has 6 heteroatoms. The van der Waals surface area contributed by atoms with Crippen LogP contribution in [0, 0.1) is 13.8 Å². The van der Waals surface area contributed by atoms with Crippen LogP contribution in [0.15, 0.2) is 59.2 Å². The smallest absolute Gasteiger partial charge is 0.119 e. The average molecular weight is 434 g/mol. The number of benzene rings is 2. The van der Waals surface area contributed by atoms with Gasteiger partial charge >= 0.3 is 0 Å². The Hall–Kier alpha value is -1.98. The van der Waals surface area contributed by atoms with Gasteiger partial charge in [-0.05, 0) is 66.9 Å². The van der Waals surface area contributed by atoms with Gasteiger partial charge in [0.2, 0.25) is 0 Å². The van der Waals surface area contributed by atoms with E-state index in [4.69, 9.17) is 32.4 Å². The number of nitrogens with zero attached hydrogens (tertiary/aromatic N) is 1. The summed E-state index contributed by atoms with van der Waals surface area (Å²) in [7, 11) is 0. The first-order valence-corrected chi connectivity index (χ1v) is 10.2. The third kappa shape index (κ3) is 6.51. The number of aliphatic hydroxyl groups is 1. The number of aryl methyl sites for hydroxylation is 2. The zero-order chi connectivity index (χ0) is 20.8. The van der Waals surface area contributed by atoms with Crippen molar-refractivity contribution in [3.63, 3.8) is 0 Å². The predicted molar refractivity (Wildman–Crippen MR) is 117 cm³/mol. The van der Waals surface area contributed by atoms with E-state index in [2.05, 4.69) is 11.8 Å². The monoisotopic (exact) mass is 433 g/mol. The van der Waals surface area contributed by atoms with Crippen LogP contribution in [0.25, 0.3) is 0 Å². The van der Waals surface area contributed by atoms with Crippen molar-refractivity contribution in [2.45, 2.75) is 33.0 Å². The second-order valence-electron chi connectivity index (χ2n) is 7.20. The van der Waals surface area contributed by atoms with Crippen molar-refractivity contribution in [1.29, 1.82) is 0 Å². The quantitative estimate of drug-likeness (QED) is 0.473. The van der Waals surface area contributed by atoms with E-state index in [1.165, 1.54) is 5.56 Å². The van der Waals surface area contributed by atoms with Crippen molar-refractivity contribution in [3.8, 4) is 5.75 Å². The van der Waals surface area contributed by atoms with Crippen LogP contribution in [0.3, 0.4) is 0 Å². The fraction of sp³-hybridized carbons (Fsp3) is 0.304. The van der Waals surface area contributed by atoms with Crippen LogP contribution in [0.4, 0.5) is 0 Å². The zero-order valence-electron chi connectivity index (χ0n) is 16.6. The predicted octanol–water partition coefficient (Wildman–Crippen LogP) is 5.65. The summed E-state index contributed by atoms with van der Waals surface area (Å²) in [5.41, 5.74) is 3.31. The minimum absolute atomic E-state index is 0.200. The number of ether oxygens (including phenoxy) is 1. The third-order valence-electron chi connectivity index (χ3n) is 4.76. The summed E-state index contributed by atoms with van der Waals surface area (Å²) in [6.45, 7) is 5.81. The Bertz CT molecular complexity index is 928. The molecule has 29 heavy (non-hydrogen) atoms. The summed E-state index contributed by atoms with van der Waals surface area (Å²) in [4.78, 5) is 2.07. The minimum atomic E-state index is -0.669. The van der Waals surface area contributed by atoms with Crippen LogP contribution in [0.2, 0.25) is 10.0 Å². The Morgan fingerprint density at radius 2 is 1.86 bits per heavy atom. The van der Waals surface area contributed by atoms with E-state index in [0.29, 0.717) is 29.7 Å². The molecule has 0 radical (unpaired) electrons. The molecule has 1 heterocycles. The summed E-state index contributed by atoms with van der Waals surface area (Å²) in [5.74, 6) is 1.57. The Labute approximate surface area is 181 Å². The lowest BCUT2D eigenvalue weighted by molar-refractivity contribution is 0.0604. The van der Waals surface area contributed by atoms with Crippen LogP contribution in [-0.2, 0) is 13.1 Å². The SMILES string of the molecule is Cc1ccc(OCC(O)CN(Cc2ccco2)Cc2ccc(Cl)cc2Cl)cc1C. The molecule has 0 aliphatic carbocycles. The van der Waals surface area contributed by atoms with Crippen LogP contribution >= 0.6 is 23.2 Å². The maximum atomic E-state index is 10.6. The molecule has 3 rings (SSSR count). The highest BCUT2D eigenvalue weighted by Gasteiger charge is 2.16. The Morgan fingerprint density at radius 3 is 2.55 bits per heavy atom. The van der Waals surface area contributed by atoms with Gasteiger partial charge in [-0.15, -0.1) is 0 Å². The van der Waals surface area contributed by atoms with E-state index in [1.807, 2.05) is 49.4 Å². The van der Waals surface area contributed by atoms with Gasteiger partial charge in [-0.2, -0.15) is 0 Å². The Morgan fingerprint density at radius 1 is 1.03 bits per heavy atom. The van der Waals surface area contributed by atoms with E-state index in [1.54, 1.807) is 12.3 Å². The molecule has 0 aliphatic rings. The van der Waals surface area contributed by atoms with Gasteiger partial charge in [-0.25, -0.2) is 0 Å². The van der Waals surface area contributed by atoms with Gasteiger partial charge in [0.15, 0.2) is 0 Å². The van der Waals surface area contributed by atoms with Gasteiger partial charge in [0.1, 0.15) is 24.2 Å². The molecule has 1 atom stereocenters. The van der Waals surface area contributed by atoms with Gasteiger partial charge in [0, 0.05) is 23.1 Å². The molecule has 0 saturated carbocycles. The first kappa shape index (κ1) is 21.7. The van der Waals surface area contributed by atoms with Crippen LogP contribution in [0.1, 0.15) is 22.5 Å². The molecule has 0 fully saturated rings. The highest BCUT2D eigenvalue weighted by atomic mass is 35.5. The molecule has 1 N–H and O–H groups in total. The van der Waals surface area contributed by atoms with E-state index < -0.39 is 6.10 Å². The lowest BCUT2D eigenvalue weighted by atomic mass is 10.1. The maximum absolute atomic E-state index is 10.6. The van der Waals surface area contributed by atoms with E-state index in [0.717, 1.165) is 22.6 Å². The fourth-order valence-corrected chi connectivity index (χ4v) is 3.51. The standard InChI is InChI=1S/C23H25Cl2NO3/c1-16-5-8-21(10-17(16)2)29-15-20(27)13-26(14-22-4-3-9-28-22)12-18-6-7-19(24)11-23(18)25/h3-11,20,27H,12-15H2,1-2H3. The van der Waals surface area contributed by atoms with Crippen molar-refractivity contribution in [2.75, 3.05) is 13.2 Å². The lowest BCUT2D eigenvalue weighted by Gasteiger charge is -2.25. The number of furan rings is 1. The second kappa shape index (κ2) is 10.2. The molecule has 0 bridgehead atoms. The largest absolute Gasteiger partial charge is 0.491 e. The fourth-order valence-electron chi connectivity index (χ4n) is 3.05. The number of hydrogen-bond donors (Lipinski definition) is 1. The highest BCUT2D eigenvalue weighted by molar-refractivity contribution is 6.35. The molecule has 2 aromatic carbocycles. The van der Waals surface area contributed by atoms with Crippen molar-refractivity contribution >= 4 is 23.2 Å². The molecule has 3 aromatic rings. The second-order valence-corrected chi connectivity index (χ2v) is 8.04. The summed E-state index contributed by atoms with van der Waals surface area (Å²) >= 11 is 12.3.